The Morgan fingerprint density at radius 1 is 1.41 bits per heavy atom. The molecule has 1 saturated heterocycles. The van der Waals surface area contributed by atoms with E-state index in [1.165, 1.54) is 7.11 Å². The Balaban J connectivity index is 2.50. The topological polar surface area (TPSA) is 58.6 Å². The number of carbonyl (C=O) groups is 2. The second kappa shape index (κ2) is 5.49. The summed E-state index contributed by atoms with van der Waals surface area (Å²) < 4.78 is 4.73. The van der Waals surface area contributed by atoms with Gasteiger partial charge in [0.05, 0.1) is 13.7 Å². The number of hydrogen-bond donors (Lipinski definition) is 1. The van der Waals surface area contributed by atoms with Crippen molar-refractivity contribution in [1.82, 2.24) is 10.2 Å². The van der Waals surface area contributed by atoms with Gasteiger partial charge >= 0.3 is 5.97 Å². The van der Waals surface area contributed by atoms with Crippen LogP contribution in [0.2, 0.25) is 0 Å². The van der Waals surface area contributed by atoms with Crippen molar-refractivity contribution in [1.29, 1.82) is 0 Å². The lowest BCUT2D eigenvalue weighted by Crippen LogP contribution is -2.48. The molecule has 1 atom stereocenters. The highest BCUT2D eigenvalue weighted by Crippen LogP contribution is 2.17. The number of nitrogens with zero attached hydrogens (tertiary/aromatic N) is 1. The molecule has 1 aliphatic heterocycles. The van der Waals surface area contributed by atoms with E-state index in [9.17, 15) is 9.59 Å². The van der Waals surface area contributed by atoms with E-state index in [2.05, 4.69) is 5.32 Å². The summed E-state index contributed by atoms with van der Waals surface area (Å²) in [6, 6.07) is -0.259. The molecule has 0 spiro atoms. The Hall–Kier alpha value is -1.10. The van der Waals surface area contributed by atoms with Crippen molar-refractivity contribution in [3.63, 3.8) is 0 Å². The summed E-state index contributed by atoms with van der Waals surface area (Å²) in [6.07, 6.45) is 1.71. The zero-order valence-electron chi connectivity index (χ0n) is 11.1. The molecule has 1 rings (SSSR count). The Bertz CT molecular complexity index is 297. The summed E-state index contributed by atoms with van der Waals surface area (Å²) in [6.45, 7) is 6.85. The molecule has 0 aliphatic carbocycles. The van der Waals surface area contributed by atoms with Crippen LogP contribution in [-0.4, -0.2) is 48.6 Å². The molecular weight excluding hydrogens is 220 g/mol. The molecule has 1 unspecified atom stereocenters. The maximum Gasteiger partial charge on any atom is 0.323 e. The molecule has 1 amide bonds. The highest BCUT2D eigenvalue weighted by molar-refractivity contribution is 5.81. The fourth-order valence-electron chi connectivity index (χ4n) is 2.06. The number of ether oxygens (including phenoxy) is 1. The van der Waals surface area contributed by atoms with Gasteiger partial charge in [0, 0.05) is 5.54 Å². The lowest BCUT2D eigenvalue weighted by molar-refractivity contribution is -0.146. The van der Waals surface area contributed by atoms with E-state index in [4.69, 9.17) is 4.74 Å². The molecular formula is C12H22N2O3. The van der Waals surface area contributed by atoms with Crippen LogP contribution < -0.4 is 5.32 Å². The number of hydrogen-bond acceptors (Lipinski definition) is 4. The first-order valence-electron chi connectivity index (χ1n) is 5.96. The highest BCUT2D eigenvalue weighted by Gasteiger charge is 2.32. The third-order valence-corrected chi connectivity index (χ3v) is 2.70. The van der Waals surface area contributed by atoms with E-state index in [0.717, 1.165) is 19.4 Å². The molecule has 1 aliphatic rings. The molecule has 5 nitrogen and oxygen atoms in total. The minimum atomic E-state index is -0.259. The van der Waals surface area contributed by atoms with Crippen LogP contribution in [0.5, 0.6) is 0 Å². The van der Waals surface area contributed by atoms with E-state index in [0.29, 0.717) is 0 Å². The second-order valence-corrected chi connectivity index (χ2v) is 5.45. The molecule has 0 radical (unpaired) electrons. The molecule has 0 aromatic heterocycles. The van der Waals surface area contributed by atoms with Gasteiger partial charge in [0.25, 0.3) is 0 Å². The van der Waals surface area contributed by atoms with Crippen LogP contribution in [0, 0.1) is 0 Å². The van der Waals surface area contributed by atoms with Crippen molar-refractivity contribution in [2.45, 2.75) is 45.2 Å². The smallest absolute Gasteiger partial charge is 0.323 e. The van der Waals surface area contributed by atoms with Crippen LogP contribution in [-0.2, 0) is 14.3 Å². The van der Waals surface area contributed by atoms with Gasteiger partial charge in [0.2, 0.25) is 5.91 Å². The van der Waals surface area contributed by atoms with Gasteiger partial charge in [-0.15, -0.1) is 0 Å². The minimum absolute atomic E-state index is 0.0479. The number of rotatable bonds is 3. The highest BCUT2D eigenvalue weighted by atomic mass is 16.5. The summed E-state index contributed by atoms with van der Waals surface area (Å²) in [7, 11) is 1.38. The Morgan fingerprint density at radius 2 is 2.06 bits per heavy atom. The normalized spacial score (nSPS) is 21.3. The van der Waals surface area contributed by atoms with Crippen molar-refractivity contribution in [2.24, 2.45) is 0 Å². The van der Waals surface area contributed by atoms with Crippen molar-refractivity contribution in [2.75, 3.05) is 20.2 Å². The van der Waals surface area contributed by atoms with Crippen LogP contribution in [0.25, 0.3) is 0 Å². The number of methoxy groups -OCH3 is 1. The van der Waals surface area contributed by atoms with Crippen LogP contribution in [0.4, 0.5) is 0 Å². The van der Waals surface area contributed by atoms with E-state index in [1.807, 2.05) is 25.7 Å². The van der Waals surface area contributed by atoms with Crippen molar-refractivity contribution < 1.29 is 14.3 Å². The number of likely N-dealkylation sites (tertiary alicyclic amines) is 1. The lowest BCUT2D eigenvalue weighted by atomic mass is 10.1. The second-order valence-electron chi connectivity index (χ2n) is 5.45. The standard InChI is InChI=1S/C12H22N2O3/c1-12(2,3)13-10(15)8-14-7-5-6-9(14)11(16)17-4/h9H,5-8H2,1-4H3,(H,13,15). The number of nitrogens with one attached hydrogen (secondary N) is 1. The number of carbonyl (C=O) groups excluding carboxylic acids is 2. The quantitative estimate of drug-likeness (QED) is 0.734. The molecule has 1 N–H and O–H groups in total. The van der Waals surface area contributed by atoms with Crippen molar-refractivity contribution in [3.05, 3.63) is 0 Å². The number of amides is 1. The number of esters is 1. The summed E-state index contributed by atoms with van der Waals surface area (Å²) in [4.78, 5) is 25.1. The van der Waals surface area contributed by atoms with Gasteiger partial charge in [-0.3, -0.25) is 14.5 Å². The van der Waals surface area contributed by atoms with Gasteiger partial charge in [-0.2, -0.15) is 0 Å². The van der Waals surface area contributed by atoms with Crippen LogP contribution >= 0.6 is 0 Å². The summed E-state index contributed by atoms with van der Waals surface area (Å²) >= 11 is 0. The van der Waals surface area contributed by atoms with E-state index in [1.54, 1.807) is 0 Å². The summed E-state index contributed by atoms with van der Waals surface area (Å²) in [5.74, 6) is -0.292. The van der Waals surface area contributed by atoms with E-state index >= 15 is 0 Å². The Kier molecular flexibility index (Phi) is 4.51. The SMILES string of the molecule is COC(=O)C1CCCN1CC(=O)NC(C)(C)C. The molecule has 0 bridgehead atoms. The van der Waals surface area contributed by atoms with Crippen LogP contribution in [0.1, 0.15) is 33.6 Å². The fraction of sp³-hybridized carbons (Fsp3) is 0.833. The van der Waals surface area contributed by atoms with Gasteiger partial charge in [-0.1, -0.05) is 0 Å². The molecule has 98 valence electrons. The van der Waals surface area contributed by atoms with Gasteiger partial charge in [-0.25, -0.2) is 0 Å². The predicted molar refractivity (Wildman–Crippen MR) is 64.5 cm³/mol. The summed E-state index contributed by atoms with van der Waals surface area (Å²) in [5.41, 5.74) is -0.239. The van der Waals surface area contributed by atoms with Gasteiger partial charge in [0.1, 0.15) is 6.04 Å². The molecule has 1 heterocycles. The first-order valence-corrected chi connectivity index (χ1v) is 5.96. The first kappa shape index (κ1) is 14.0. The third kappa shape index (κ3) is 4.34. The van der Waals surface area contributed by atoms with E-state index in [-0.39, 0.29) is 30.0 Å². The average Bonchev–Trinajstić information content (AvgIpc) is 2.61. The first-order chi connectivity index (χ1) is 7.83. The van der Waals surface area contributed by atoms with E-state index < -0.39 is 0 Å². The lowest BCUT2D eigenvalue weighted by Gasteiger charge is -2.25. The van der Waals surface area contributed by atoms with Gasteiger partial charge in [-0.05, 0) is 40.2 Å². The zero-order valence-corrected chi connectivity index (χ0v) is 11.1. The molecule has 5 heteroatoms. The van der Waals surface area contributed by atoms with Gasteiger partial charge < -0.3 is 10.1 Å². The molecule has 0 saturated carbocycles. The maximum atomic E-state index is 11.8. The third-order valence-electron chi connectivity index (χ3n) is 2.70. The largest absolute Gasteiger partial charge is 0.468 e. The van der Waals surface area contributed by atoms with Crippen molar-refractivity contribution >= 4 is 11.9 Å². The zero-order chi connectivity index (χ0) is 13.1. The minimum Gasteiger partial charge on any atom is -0.468 e. The molecule has 17 heavy (non-hydrogen) atoms. The summed E-state index contributed by atoms with van der Waals surface area (Å²) in [5, 5.41) is 2.89. The van der Waals surface area contributed by atoms with Crippen molar-refractivity contribution in [3.8, 4) is 0 Å². The Labute approximate surface area is 102 Å². The molecule has 1 fully saturated rings. The monoisotopic (exact) mass is 242 g/mol. The molecule has 0 aromatic rings. The predicted octanol–water partition coefficient (Wildman–Crippen LogP) is 0.539. The average molecular weight is 242 g/mol. The fourth-order valence-corrected chi connectivity index (χ4v) is 2.06. The maximum absolute atomic E-state index is 11.8. The van der Waals surface area contributed by atoms with Gasteiger partial charge in [0.15, 0.2) is 0 Å². The van der Waals surface area contributed by atoms with Crippen LogP contribution in [0.15, 0.2) is 0 Å². The molecule has 0 aromatic carbocycles. The Morgan fingerprint density at radius 3 is 2.59 bits per heavy atom. The van der Waals surface area contributed by atoms with Crippen LogP contribution in [0.3, 0.4) is 0 Å².